The normalized spacial score (nSPS) is 10.5. The van der Waals surface area contributed by atoms with Gasteiger partial charge < -0.3 is 5.32 Å². The van der Waals surface area contributed by atoms with E-state index in [9.17, 15) is 4.79 Å². The Bertz CT molecular complexity index is 801. The van der Waals surface area contributed by atoms with Crippen molar-refractivity contribution < 1.29 is 4.79 Å². The van der Waals surface area contributed by atoms with Gasteiger partial charge in [0.25, 0.3) is 5.91 Å². The van der Waals surface area contributed by atoms with Gasteiger partial charge in [0.05, 0.1) is 0 Å². The molecule has 3 aromatic rings. The third-order valence-electron chi connectivity index (χ3n) is 3.21. The number of fused-ring (bicyclic) bond motifs is 1. The molecule has 0 saturated heterocycles. The van der Waals surface area contributed by atoms with Crippen LogP contribution >= 0.6 is 0 Å². The number of anilines is 1. The van der Waals surface area contributed by atoms with Crippen LogP contribution in [0.25, 0.3) is 11.2 Å². The van der Waals surface area contributed by atoms with Crippen molar-refractivity contribution in [1.82, 2.24) is 15.0 Å². The van der Waals surface area contributed by atoms with Crippen LogP contribution in [-0.4, -0.2) is 20.9 Å². The van der Waals surface area contributed by atoms with Crippen molar-refractivity contribution in [3.05, 3.63) is 60.0 Å². The predicted molar refractivity (Wildman–Crippen MR) is 81.1 cm³/mol. The van der Waals surface area contributed by atoms with Crippen LogP contribution in [0, 0.1) is 0 Å². The molecule has 1 aromatic carbocycles. The van der Waals surface area contributed by atoms with Crippen molar-refractivity contribution in [2.24, 2.45) is 0 Å². The second-order valence-corrected chi connectivity index (χ2v) is 4.56. The molecule has 0 aliphatic rings. The monoisotopic (exact) mass is 278 g/mol. The first-order valence-corrected chi connectivity index (χ1v) is 6.75. The van der Waals surface area contributed by atoms with Crippen molar-refractivity contribution in [3.63, 3.8) is 0 Å². The maximum atomic E-state index is 12.3. The zero-order chi connectivity index (χ0) is 14.7. The zero-order valence-electron chi connectivity index (χ0n) is 11.6. The zero-order valence-corrected chi connectivity index (χ0v) is 11.6. The predicted octanol–water partition coefficient (Wildman–Crippen LogP) is 2.84. The smallest absolute Gasteiger partial charge is 0.274 e. The van der Waals surface area contributed by atoms with Crippen molar-refractivity contribution in [2.75, 3.05) is 5.32 Å². The van der Waals surface area contributed by atoms with Gasteiger partial charge in [-0.25, -0.2) is 9.97 Å². The Morgan fingerprint density at radius 1 is 1.10 bits per heavy atom. The number of nitrogens with zero attached hydrogens (tertiary/aromatic N) is 3. The Hall–Kier alpha value is -2.82. The van der Waals surface area contributed by atoms with Crippen LogP contribution in [0.1, 0.15) is 23.0 Å². The lowest BCUT2D eigenvalue weighted by Gasteiger charge is -2.09. The minimum absolute atomic E-state index is 0.247. The summed E-state index contributed by atoms with van der Waals surface area (Å²) >= 11 is 0. The minimum Gasteiger partial charge on any atom is -0.320 e. The standard InChI is InChI=1S/C16H14N4O/c1-2-11-5-3-4-6-12(11)20-16(21)14-8-7-13-15(19-14)18-10-9-17-13/h3-10H,2H2,1H3,(H,20,21). The maximum absolute atomic E-state index is 12.3. The first-order valence-electron chi connectivity index (χ1n) is 6.75. The van der Waals surface area contributed by atoms with E-state index in [1.807, 2.05) is 24.3 Å². The highest BCUT2D eigenvalue weighted by Crippen LogP contribution is 2.16. The molecule has 0 fully saturated rings. The van der Waals surface area contributed by atoms with E-state index in [0.717, 1.165) is 17.7 Å². The maximum Gasteiger partial charge on any atom is 0.274 e. The number of para-hydroxylation sites is 1. The number of hydrogen-bond acceptors (Lipinski definition) is 4. The molecular weight excluding hydrogens is 264 g/mol. The van der Waals surface area contributed by atoms with E-state index >= 15 is 0 Å². The van der Waals surface area contributed by atoms with Gasteiger partial charge in [-0.2, -0.15) is 0 Å². The molecule has 2 aromatic heterocycles. The van der Waals surface area contributed by atoms with E-state index in [1.165, 1.54) is 0 Å². The molecule has 0 unspecified atom stereocenters. The summed E-state index contributed by atoms with van der Waals surface area (Å²) in [4.78, 5) is 24.8. The molecule has 21 heavy (non-hydrogen) atoms. The Morgan fingerprint density at radius 3 is 2.76 bits per heavy atom. The second-order valence-electron chi connectivity index (χ2n) is 4.56. The van der Waals surface area contributed by atoms with E-state index in [0.29, 0.717) is 16.9 Å². The number of hydrogen-bond donors (Lipinski definition) is 1. The quantitative estimate of drug-likeness (QED) is 0.800. The molecule has 5 heteroatoms. The third kappa shape index (κ3) is 2.72. The first-order chi connectivity index (χ1) is 10.3. The number of carbonyl (C=O) groups is 1. The fourth-order valence-corrected chi connectivity index (χ4v) is 2.12. The topological polar surface area (TPSA) is 67.8 Å². The molecule has 0 aliphatic heterocycles. The SMILES string of the molecule is CCc1ccccc1NC(=O)c1ccc2nccnc2n1. The van der Waals surface area contributed by atoms with Crippen LogP contribution in [0.15, 0.2) is 48.8 Å². The van der Waals surface area contributed by atoms with Gasteiger partial charge in [-0.1, -0.05) is 25.1 Å². The molecule has 104 valence electrons. The summed E-state index contributed by atoms with van der Waals surface area (Å²) in [5.41, 5.74) is 3.36. The summed E-state index contributed by atoms with van der Waals surface area (Å²) < 4.78 is 0. The molecule has 1 amide bonds. The van der Waals surface area contributed by atoms with E-state index in [4.69, 9.17) is 0 Å². The Labute approximate surface area is 122 Å². The molecule has 1 N–H and O–H groups in total. The van der Waals surface area contributed by atoms with Crippen LogP contribution in [-0.2, 0) is 6.42 Å². The molecular formula is C16H14N4O. The van der Waals surface area contributed by atoms with Gasteiger partial charge in [-0.15, -0.1) is 0 Å². The van der Waals surface area contributed by atoms with Gasteiger partial charge in [0.15, 0.2) is 5.65 Å². The van der Waals surface area contributed by atoms with E-state index in [1.54, 1.807) is 24.5 Å². The highest BCUT2D eigenvalue weighted by molar-refractivity contribution is 6.04. The number of rotatable bonds is 3. The van der Waals surface area contributed by atoms with Gasteiger partial charge in [-0.3, -0.25) is 9.78 Å². The summed E-state index contributed by atoms with van der Waals surface area (Å²) in [5, 5.41) is 2.89. The summed E-state index contributed by atoms with van der Waals surface area (Å²) in [7, 11) is 0. The van der Waals surface area contributed by atoms with Crippen LogP contribution in [0.2, 0.25) is 0 Å². The van der Waals surface area contributed by atoms with E-state index < -0.39 is 0 Å². The number of nitrogens with one attached hydrogen (secondary N) is 1. The summed E-state index contributed by atoms with van der Waals surface area (Å²) in [5.74, 6) is -0.247. The minimum atomic E-state index is -0.247. The van der Waals surface area contributed by atoms with Crippen molar-refractivity contribution >= 4 is 22.8 Å². The fourth-order valence-electron chi connectivity index (χ4n) is 2.12. The Kier molecular flexibility index (Phi) is 3.55. The number of aryl methyl sites for hydroxylation is 1. The third-order valence-corrected chi connectivity index (χ3v) is 3.21. The van der Waals surface area contributed by atoms with E-state index in [-0.39, 0.29) is 5.91 Å². The largest absolute Gasteiger partial charge is 0.320 e. The van der Waals surface area contributed by atoms with Gasteiger partial charge in [-0.05, 0) is 30.2 Å². The molecule has 0 bridgehead atoms. The van der Waals surface area contributed by atoms with Crippen molar-refractivity contribution in [3.8, 4) is 0 Å². The summed E-state index contributed by atoms with van der Waals surface area (Å²) in [6.45, 7) is 2.05. The van der Waals surface area contributed by atoms with E-state index in [2.05, 4.69) is 27.2 Å². The lowest BCUT2D eigenvalue weighted by molar-refractivity contribution is 0.102. The summed E-state index contributed by atoms with van der Waals surface area (Å²) in [6.07, 6.45) is 4.01. The molecule has 0 atom stereocenters. The lowest BCUT2D eigenvalue weighted by Crippen LogP contribution is -2.15. The number of benzene rings is 1. The van der Waals surface area contributed by atoms with Crippen molar-refractivity contribution in [2.45, 2.75) is 13.3 Å². The van der Waals surface area contributed by atoms with Gasteiger partial charge in [0.2, 0.25) is 0 Å². The number of aromatic nitrogens is 3. The van der Waals surface area contributed by atoms with Gasteiger partial charge in [0.1, 0.15) is 11.2 Å². The molecule has 3 rings (SSSR count). The molecule has 5 nitrogen and oxygen atoms in total. The molecule has 0 spiro atoms. The number of pyridine rings is 1. The van der Waals surface area contributed by atoms with Gasteiger partial charge >= 0.3 is 0 Å². The molecule has 0 aliphatic carbocycles. The van der Waals surface area contributed by atoms with Crippen LogP contribution in [0.4, 0.5) is 5.69 Å². The van der Waals surface area contributed by atoms with Gasteiger partial charge in [0, 0.05) is 18.1 Å². The summed E-state index contributed by atoms with van der Waals surface area (Å²) in [6, 6.07) is 11.1. The highest BCUT2D eigenvalue weighted by Gasteiger charge is 2.11. The first kappa shape index (κ1) is 13.2. The lowest BCUT2D eigenvalue weighted by atomic mass is 10.1. The Morgan fingerprint density at radius 2 is 1.90 bits per heavy atom. The number of carbonyl (C=O) groups excluding carboxylic acids is 1. The Balaban J connectivity index is 1.90. The fraction of sp³-hybridized carbons (Fsp3) is 0.125. The van der Waals surface area contributed by atoms with Crippen LogP contribution < -0.4 is 5.32 Å². The van der Waals surface area contributed by atoms with Crippen LogP contribution in [0.5, 0.6) is 0 Å². The average molecular weight is 278 g/mol. The number of amides is 1. The molecule has 0 saturated carbocycles. The molecule has 0 radical (unpaired) electrons. The average Bonchev–Trinajstić information content (AvgIpc) is 2.55. The van der Waals surface area contributed by atoms with Crippen molar-refractivity contribution in [1.29, 1.82) is 0 Å². The molecule has 2 heterocycles. The van der Waals surface area contributed by atoms with Crippen LogP contribution in [0.3, 0.4) is 0 Å². The highest BCUT2D eigenvalue weighted by atomic mass is 16.1. The second kappa shape index (κ2) is 5.66.